The van der Waals surface area contributed by atoms with Gasteiger partial charge in [-0.05, 0) is 46.7 Å². The first-order chi connectivity index (χ1) is 12.1. The number of nitrogens with zero attached hydrogens (tertiary/aromatic N) is 4. The van der Waals surface area contributed by atoms with Crippen molar-refractivity contribution < 1.29 is 4.79 Å². The zero-order chi connectivity index (χ0) is 17.4. The van der Waals surface area contributed by atoms with Crippen LogP contribution in [0.1, 0.15) is 33.1 Å². The Labute approximate surface area is 147 Å². The summed E-state index contributed by atoms with van der Waals surface area (Å²) < 4.78 is 0. The monoisotopic (exact) mass is 352 g/mol. The maximum absolute atomic E-state index is 13.1. The SMILES string of the molecule is Cc1cccnc1C(=O)c1[nH]c2cc(Cl)ccc2c1Cc1nnn[nH]1. The fourth-order valence-corrected chi connectivity index (χ4v) is 3.04. The fourth-order valence-electron chi connectivity index (χ4n) is 2.87. The van der Waals surface area contributed by atoms with Gasteiger partial charge >= 0.3 is 0 Å². The van der Waals surface area contributed by atoms with Crippen molar-refractivity contribution in [2.45, 2.75) is 13.3 Å². The molecular formula is C17H13ClN6O. The maximum atomic E-state index is 13.1. The second-order valence-corrected chi connectivity index (χ2v) is 6.13. The van der Waals surface area contributed by atoms with E-state index in [9.17, 15) is 4.79 Å². The molecule has 7 nitrogen and oxygen atoms in total. The van der Waals surface area contributed by atoms with Crippen molar-refractivity contribution >= 4 is 28.3 Å². The summed E-state index contributed by atoms with van der Waals surface area (Å²) in [7, 11) is 0. The Morgan fingerprint density at radius 1 is 1.28 bits per heavy atom. The summed E-state index contributed by atoms with van der Waals surface area (Å²) in [6.45, 7) is 1.86. The lowest BCUT2D eigenvalue weighted by Gasteiger charge is -2.04. The number of aromatic amines is 2. The van der Waals surface area contributed by atoms with E-state index >= 15 is 0 Å². The van der Waals surface area contributed by atoms with Gasteiger partial charge in [0.05, 0.1) is 5.69 Å². The topological polar surface area (TPSA) is 100 Å². The number of aromatic nitrogens is 6. The van der Waals surface area contributed by atoms with Gasteiger partial charge in [-0.15, -0.1) is 5.10 Å². The Balaban J connectivity index is 1.90. The van der Waals surface area contributed by atoms with E-state index in [0.717, 1.165) is 22.0 Å². The molecule has 8 heteroatoms. The largest absolute Gasteiger partial charge is 0.351 e. The number of aryl methyl sites for hydroxylation is 1. The quantitative estimate of drug-likeness (QED) is 0.550. The van der Waals surface area contributed by atoms with Gasteiger partial charge in [0.2, 0.25) is 5.78 Å². The first kappa shape index (κ1) is 15.5. The van der Waals surface area contributed by atoms with Crippen LogP contribution in [0.2, 0.25) is 5.02 Å². The molecule has 25 heavy (non-hydrogen) atoms. The van der Waals surface area contributed by atoms with E-state index in [1.165, 1.54) is 0 Å². The number of rotatable bonds is 4. The minimum Gasteiger partial charge on any atom is -0.351 e. The molecule has 0 unspecified atom stereocenters. The third kappa shape index (κ3) is 2.78. The van der Waals surface area contributed by atoms with Gasteiger partial charge in [-0.1, -0.05) is 23.7 Å². The number of carbonyl (C=O) groups is 1. The number of pyridine rings is 1. The number of hydrogen-bond donors (Lipinski definition) is 2. The van der Waals surface area contributed by atoms with Crippen LogP contribution in [0.15, 0.2) is 36.5 Å². The average Bonchev–Trinajstić information content (AvgIpc) is 3.23. The van der Waals surface area contributed by atoms with Gasteiger partial charge in [-0.3, -0.25) is 9.78 Å². The summed E-state index contributed by atoms with van der Waals surface area (Å²) in [6.07, 6.45) is 2.00. The summed E-state index contributed by atoms with van der Waals surface area (Å²) in [6, 6.07) is 9.13. The molecule has 0 radical (unpaired) electrons. The van der Waals surface area contributed by atoms with E-state index < -0.39 is 0 Å². The second-order valence-electron chi connectivity index (χ2n) is 5.69. The van der Waals surface area contributed by atoms with E-state index in [4.69, 9.17) is 11.6 Å². The Kier molecular flexibility index (Phi) is 3.77. The number of carbonyl (C=O) groups excluding carboxylic acids is 1. The predicted octanol–water partition coefficient (Wildman–Crippen LogP) is 2.86. The van der Waals surface area contributed by atoms with Crippen molar-refractivity contribution in [3.8, 4) is 0 Å². The van der Waals surface area contributed by atoms with E-state index in [2.05, 4.69) is 30.6 Å². The van der Waals surface area contributed by atoms with Gasteiger partial charge in [0.15, 0.2) is 5.82 Å². The van der Waals surface area contributed by atoms with Crippen LogP contribution in [0.4, 0.5) is 0 Å². The Bertz CT molecular complexity index is 1070. The molecule has 2 N–H and O–H groups in total. The number of benzene rings is 1. The molecule has 0 aliphatic carbocycles. The molecular weight excluding hydrogens is 340 g/mol. The molecule has 0 aliphatic heterocycles. The highest BCUT2D eigenvalue weighted by molar-refractivity contribution is 6.31. The molecule has 0 aliphatic rings. The van der Waals surface area contributed by atoms with Crippen molar-refractivity contribution in [2.75, 3.05) is 0 Å². The van der Waals surface area contributed by atoms with Gasteiger partial charge in [-0.2, -0.15) is 0 Å². The van der Waals surface area contributed by atoms with Crippen LogP contribution >= 0.6 is 11.6 Å². The van der Waals surface area contributed by atoms with Crippen LogP contribution in [0, 0.1) is 6.92 Å². The van der Waals surface area contributed by atoms with Gasteiger partial charge in [-0.25, -0.2) is 5.10 Å². The van der Waals surface area contributed by atoms with E-state index in [1.54, 1.807) is 24.4 Å². The molecule has 1 aromatic carbocycles. The molecule has 0 saturated carbocycles. The lowest BCUT2D eigenvalue weighted by molar-refractivity contribution is 0.102. The molecule has 0 bridgehead atoms. The highest BCUT2D eigenvalue weighted by Crippen LogP contribution is 2.28. The summed E-state index contributed by atoms with van der Waals surface area (Å²) in [5.41, 5.74) is 3.29. The Morgan fingerprint density at radius 2 is 2.16 bits per heavy atom. The molecule has 3 heterocycles. The molecule has 0 fully saturated rings. The zero-order valence-corrected chi connectivity index (χ0v) is 14.0. The number of nitrogens with one attached hydrogen (secondary N) is 2. The number of hydrogen-bond acceptors (Lipinski definition) is 5. The van der Waals surface area contributed by atoms with Crippen LogP contribution in [0.5, 0.6) is 0 Å². The van der Waals surface area contributed by atoms with Gasteiger partial charge in [0, 0.05) is 28.5 Å². The van der Waals surface area contributed by atoms with Crippen LogP contribution < -0.4 is 0 Å². The third-order valence-electron chi connectivity index (χ3n) is 4.05. The summed E-state index contributed by atoms with van der Waals surface area (Å²) in [5.74, 6) is 0.399. The number of H-pyrrole nitrogens is 2. The van der Waals surface area contributed by atoms with Crippen LogP contribution in [0.3, 0.4) is 0 Å². The zero-order valence-electron chi connectivity index (χ0n) is 13.2. The van der Waals surface area contributed by atoms with Crippen molar-refractivity contribution in [3.05, 3.63) is 69.9 Å². The average molecular weight is 353 g/mol. The molecule has 3 aromatic heterocycles. The molecule has 0 saturated heterocycles. The smallest absolute Gasteiger partial charge is 0.228 e. The van der Waals surface area contributed by atoms with Crippen molar-refractivity contribution in [1.29, 1.82) is 0 Å². The number of tetrazole rings is 1. The minimum absolute atomic E-state index is 0.173. The Hall–Kier alpha value is -3.06. The normalized spacial score (nSPS) is 11.1. The van der Waals surface area contributed by atoms with Crippen LogP contribution in [-0.2, 0) is 6.42 Å². The van der Waals surface area contributed by atoms with Gasteiger partial charge in [0.25, 0.3) is 0 Å². The van der Waals surface area contributed by atoms with E-state index in [-0.39, 0.29) is 5.78 Å². The number of halogens is 1. The number of ketones is 1. The highest BCUT2D eigenvalue weighted by Gasteiger charge is 2.22. The predicted molar refractivity (Wildman–Crippen MR) is 92.7 cm³/mol. The van der Waals surface area contributed by atoms with Gasteiger partial charge in [0.1, 0.15) is 5.69 Å². The third-order valence-corrected chi connectivity index (χ3v) is 4.29. The fraction of sp³-hybridized carbons (Fsp3) is 0.118. The van der Waals surface area contributed by atoms with Crippen molar-refractivity contribution in [1.82, 2.24) is 30.6 Å². The summed E-state index contributed by atoms with van der Waals surface area (Å²) in [5, 5.41) is 15.3. The minimum atomic E-state index is -0.173. The highest BCUT2D eigenvalue weighted by atomic mass is 35.5. The summed E-state index contributed by atoms with van der Waals surface area (Å²) >= 11 is 6.09. The lowest BCUT2D eigenvalue weighted by atomic mass is 10.0. The standard InChI is InChI=1S/C17H13ClN6O/c1-9-3-2-6-19-15(9)17(25)16-12(8-14-21-23-24-22-14)11-5-4-10(18)7-13(11)20-16/h2-7,20H,8H2,1H3,(H,21,22,23,24). The molecule has 124 valence electrons. The molecule has 4 rings (SSSR count). The summed E-state index contributed by atoms with van der Waals surface area (Å²) in [4.78, 5) is 20.5. The lowest BCUT2D eigenvalue weighted by Crippen LogP contribution is -2.09. The molecule has 4 aromatic rings. The van der Waals surface area contributed by atoms with E-state index in [0.29, 0.717) is 28.7 Å². The molecule has 0 amide bonds. The first-order valence-electron chi connectivity index (χ1n) is 7.62. The second kappa shape index (κ2) is 6.10. The van der Waals surface area contributed by atoms with E-state index in [1.807, 2.05) is 19.1 Å². The Morgan fingerprint density at radius 3 is 2.92 bits per heavy atom. The van der Waals surface area contributed by atoms with Gasteiger partial charge < -0.3 is 4.98 Å². The maximum Gasteiger partial charge on any atom is 0.228 e. The van der Waals surface area contributed by atoms with Crippen LogP contribution in [0.25, 0.3) is 10.9 Å². The molecule has 0 atom stereocenters. The van der Waals surface area contributed by atoms with Crippen molar-refractivity contribution in [3.63, 3.8) is 0 Å². The number of fused-ring (bicyclic) bond motifs is 1. The van der Waals surface area contributed by atoms with Crippen molar-refractivity contribution in [2.24, 2.45) is 0 Å². The first-order valence-corrected chi connectivity index (χ1v) is 8.00. The van der Waals surface area contributed by atoms with Crippen LogP contribution in [-0.4, -0.2) is 36.4 Å². The molecule has 0 spiro atoms.